The third-order valence-corrected chi connectivity index (χ3v) is 3.95. The molecular weight excluding hydrogens is 250 g/mol. The van der Waals surface area contributed by atoms with Crippen molar-refractivity contribution in [1.82, 2.24) is 14.9 Å². The monoisotopic (exact) mass is 267 g/mol. The maximum absolute atomic E-state index is 12.0. The maximum atomic E-state index is 12.0. The maximum Gasteiger partial charge on any atom is 0.257 e. The van der Waals surface area contributed by atoms with Crippen molar-refractivity contribution in [3.05, 3.63) is 22.1 Å². The zero-order valence-electron chi connectivity index (χ0n) is 10.8. The van der Waals surface area contributed by atoms with Crippen molar-refractivity contribution in [3.63, 3.8) is 0 Å². The lowest BCUT2D eigenvalue weighted by atomic mass is 10.1. The van der Waals surface area contributed by atoms with Gasteiger partial charge in [0.25, 0.3) is 5.56 Å². The smallest absolute Gasteiger partial charge is 0.257 e. The first-order valence-electron chi connectivity index (χ1n) is 5.98. The van der Waals surface area contributed by atoms with E-state index in [0.717, 1.165) is 0 Å². The number of hydrogen-bond acceptors (Lipinski definition) is 4. The Balaban J connectivity index is 2.22. The van der Waals surface area contributed by atoms with Crippen molar-refractivity contribution in [2.24, 2.45) is 5.92 Å². The van der Waals surface area contributed by atoms with E-state index in [9.17, 15) is 9.59 Å². The number of aryl methyl sites for hydroxylation is 1. The van der Waals surface area contributed by atoms with Crippen LogP contribution < -0.4 is 10.9 Å². The van der Waals surface area contributed by atoms with E-state index in [1.807, 2.05) is 13.8 Å². The molecule has 1 amide bonds. The fourth-order valence-corrected chi connectivity index (χ4v) is 2.91. The average molecular weight is 267 g/mol. The second kappa shape index (κ2) is 5.14. The Bertz CT molecular complexity index is 525. The molecule has 1 N–H and O–H groups in total. The molecule has 18 heavy (non-hydrogen) atoms. The lowest BCUT2D eigenvalue weighted by Crippen LogP contribution is -2.42. The number of carbonyl (C=O) groups is 1. The van der Waals surface area contributed by atoms with Gasteiger partial charge in [0.15, 0.2) is 5.16 Å². The summed E-state index contributed by atoms with van der Waals surface area (Å²) in [6.07, 6.45) is 1.59. The van der Waals surface area contributed by atoms with Gasteiger partial charge in [-0.2, -0.15) is 0 Å². The van der Waals surface area contributed by atoms with E-state index in [-0.39, 0.29) is 23.4 Å². The fourth-order valence-electron chi connectivity index (χ4n) is 1.86. The number of aromatic nitrogens is 2. The lowest BCUT2D eigenvalue weighted by molar-refractivity contribution is -0.125. The second-order valence-electron chi connectivity index (χ2n) is 4.81. The molecule has 0 aliphatic carbocycles. The summed E-state index contributed by atoms with van der Waals surface area (Å²) in [4.78, 5) is 28.2. The van der Waals surface area contributed by atoms with E-state index in [4.69, 9.17) is 0 Å². The zero-order valence-corrected chi connectivity index (χ0v) is 11.6. The van der Waals surface area contributed by atoms with Gasteiger partial charge < -0.3 is 5.32 Å². The molecule has 1 aromatic rings. The molecule has 1 unspecified atom stereocenters. The van der Waals surface area contributed by atoms with Crippen LogP contribution in [0.4, 0.5) is 0 Å². The summed E-state index contributed by atoms with van der Waals surface area (Å²) in [6.45, 7) is 6.03. The van der Waals surface area contributed by atoms with Crippen LogP contribution in [0.1, 0.15) is 19.4 Å². The predicted molar refractivity (Wildman–Crippen MR) is 70.7 cm³/mol. The van der Waals surface area contributed by atoms with Crippen molar-refractivity contribution in [2.75, 3.05) is 5.75 Å². The topological polar surface area (TPSA) is 64.0 Å². The molecule has 0 saturated heterocycles. The van der Waals surface area contributed by atoms with Gasteiger partial charge in [0, 0.05) is 30.1 Å². The van der Waals surface area contributed by atoms with Crippen molar-refractivity contribution >= 4 is 17.7 Å². The molecule has 0 fully saturated rings. The molecule has 1 atom stereocenters. The largest absolute Gasteiger partial charge is 0.354 e. The first-order chi connectivity index (χ1) is 8.49. The van der Waals surface area contributed by atoms with E-state index in [1.54, 1.807) is 17.7 Å². The normalized spacial score (nSPS) is 18.6. The molecular formula is C12H17N3O2S. The van der Waals surface area contributed by atoms with E-state index in [0.29, 0.717) is 23.0 Å². The third-order valence-electron chi connectivity index (χ3n) is 2.80. The Morgan fingerprint density at radius 3 is 3.00 bits per heavy atom. The Labute approximate surface area is 110 Å². The molecule has 1 aliphatic rings. The summed E-state index contributed by atoms with van der Waals surface area (Å²) in [5, 5.41) is 3.60. The number of nitrogens with one attached hydrogen (secondary N) is 1. The van der Waals surface area contributed by atoms with E-state index in [2.05, 4.69) is 10.3 Å². The van der Waals surface area contributed by atoms with E-state index < -0.39 is 0 Å². The summed E-state index contributed by atoms with van der Waals surface area (Å²) in [6, 6.07) is 0.122. The fraction of sp³-hybridized carbons (Fsp3) is 0.583. The highest BCUT2D eigenvalue weighted by atomic mass is 32.2. The van der Waals surface area contributed by atoms with Crippen molar-refractivity contribution < 1.29 is 4.79 Å². The standard InChI is InChI=1S/C12H17N3O2S/c1-7(2)14-10(16)9-5-15-11(17)8(3)4-13-12(15)18-6-9/h4,7,9H,5-6H2,1-3H3,(H,14,16). The van der Waals surface area contributed by atoms with Crippen molar-refractivity contribution in [1.29, 1.82) is 0 Å². The van der Waals surface area contributed by atoms with Gasteiger partial charge in [-0.3, -0.25) is 14.2 Å². The molecule has 0 saturated carbocycles. The first-order valence-corrected chi connectivity index (χ1v) is 6.97. The Morgan fingerprint density at radius 2 is 2.33 bits per heavy atom. The molecule has 0 bridgehead atoms. The van der Waals surface area contributed by atoms with Gasteiger partial charge in [-0.25, -0.2) is 4.98 Å². The van der Waals surface area contributed by atoms with Gasteiger partial charge in [0.05, 0.1) is 5.92 Å². The summed E-state index contributed by atoms with van der Waals surface area (Å²) >= 11 is 1.47. The summed E-state index contributed by atoms with van der Waals surface area (Å²) in [7, 11) is 0. The number of hydrogen-bond donors (Lipinski definition) is 1. The lowest BCUT2D eigenvalue weighted by Gasteiger charge is -2.25. The van der Waals surface area contributed by atoms with Crippen molar-refractivity contribution in [3.8, 4) is 0 Å². The van der Waals surface area contributed by atoms with Crippen LogP contribution in [0, 0.1) is 12.8 Å². The minimum atomic E-state index is -0.161. The van der Waals surface area contributed by atoms with E-state index in [1.165, 1.54) is 11.8 Å². The molecule has 0 aromatic carbocycles. The number of thioether (sulfide) groups is 1. The van der Waals surface area contributed by atoms with Gasteiger partial charge in [-0.15, -0.1) is 0 Å². The van der Waals surface area contributed by atoms with Gasteiger partial charge in [-0.05, 0) is 20.8 Å². The summed E-state index contributed by atoms with van der Waals surface area (Å²) < 4.78 is 1.61. The molecule has 2 heterocycles. The SMILES string of the molecule is Cc1cnc2n(c1=O)CC(C(=O)NC(C)C)CS2. The third kappa shape index (κ3) is 2.58. The Kier molecular flexibility index (Phi) is 3.75. The quantitative estimate of drug-likeness (QED) is 0.805. The van der Waals surface area contributed by atoms with Crippen LogP contribution in [0.2, 0.25) is 0 Å². The highest BCUT2D eigenvalue weighted by molar-refractivity contribution is 7.99. The molecule has 5 nitrogen and oxygen atoms in total. The molecule has 1 aromatic heterocycles. The molecule has 98 valence electrons. The number of nitrogens with zero attached hydrogens (tertiary/aromatic N) is 2. The van der Waals surface area contributed by atoms with Crippen LogP contribution in [0.3, 0.4) is 0 Å². The number of carbonyl (C=O) groups excluding carboxylic acids is 1. The van der Waals surface area contributed by atoms with Crippen LogP contribution in [-0.2, 0) is 11.3 Å². The van der Waals surface area contributed by atoms with Crippen molar-refractivity contribution in [2.45, 2.75) is 38.5 Å². The average Bonchev–Trinajstić information content (AvgIpc) is 2.33. The van der Waals surface area contributed by atoms with Crippen LogP contribution in [0.15, 0.2) is 16.1 Å². The van der Waals surface area contributed by atoms with Crippen LogP contribution >= 0.6 is 11.8 Å². The predicted octanol–water partition coefficient (Wildman–Crippen LogP) is 0.798. The van der Waals surface area contributed by atoms with Gasteiger partial charge in [-0.1, -0.05) is 11.8 Å². The molecule has 0 radical (unpaired) electrons. The van der Waals surface area contributed by atoms with Gasteiger partial charge >= 0.3 is 0 Å². The van der Waals surface area contributed by atoms with Crippen LogP contribution in [-0.4, -0.2) is 27.3 Å². The summed E-state index contributed by atoms with van der Waals surface area (Å²) in [5.74, 6) is 0.524. The molecule has 6 heteroatoms. The number of fused-ring (bicyclic) bond motifs is 1. The first kappa shape index (κ1) is 13.1. The van der Waals surface area contributed by atoms with Crippen LogP contribution in [0.25, 0.3) is 0 Å². The number of rotatable bonds is 2. The highest BCUT2D eigenvalue weighted by Gasteiger charge is 2.27. The molecule has 0 spiro atoms. The number of amides is 1. The molecule has 2 rings (SSSR count). The Hall–Kier alpha value is -1.30. The minimum Gasteiger partial charge on any atom is -0.354 e. The zero-order chi connectivity index (χ0) is 13.3. The van der Waals surface area contributed by atoms with Gasteiger partial charge in [0.2, 0.25) is 5.91 Å². The van der Waals surface area contributed by atoms with Gasteiger partial charge in [0.1, 0.15) is 0 Å². The highest BCUT2D eigenvalue weighted by Crippen LogP contribution is 2.24. The second-order valence-corrected chi connectivity index (χ2v) is 5.80. The van der Waals surface area contributed by atoms with E-state index >= 15 is 0 Å². The Morgan fingerprint density at radius 1 is 1.61 bits per heavy atom. The molecule has 1 aliphatic heterocycles. The summed E-state index contributed by atoms with van der Waals surface area (Å²) in [5.41, 5.74) is 0.568. The van der Waals surface area contributed by atoms with Crippen LogP contribution in [0.5, 0.6) is 0 Å². The minimum absolute atomic E-state index is 0.0107.